The van der Waals surface area contributed by atoms with Crippen molar-refractivity contribution in [3.63, 3.8) is 0 Å². The van der Waals surface area contributed by atoms with Gasteiger partial charge in [0.2, 0.25) is 0 Å². The van der Waals surface area contributed by atoms with Crippen molar-refractivity contribution in [2.24, 2.45) is 0 Å². The molecule has 3 rings (SSSR count). The van der Waals surface area contributed by atoms with Crippen molar-refractivity contribution in [1.29, 1.82) is 0 Å². The van der Waals surface area contributed by atoms with Crippen LogP contribution in [0.4, 0.5) is 4.39 Å². The van der Waals surface area contributed by atoms with E-state index in [2.05, 4.69) is 0 Å². The molecule has 0 saturated carbocycles. The third-order valence-electron chi connectivity index (χ3n) is 4.16. The van der Waals surface area contributed by atoms with E-state index in [1.807, 2.05) is 13.0 Å². The highest BCUT2D eigenvalue weighted by Crippen LogP contribution is 2.22. The van der Waals surface area contributed by atoms with Crippen LogP contribution in [0.1, 0.15) is 15.9 Å². The summed E-state index contributed by atoms with van der Waals surface area (Å²) in [5, 5.41) is 0.672. The molecule has 1 saturated heterocycles. The molecular weight excluding hydrogens is 380 g/mol. The van der Waals surface area contributed by atoms with E-state index >= 15 is 0 Å². The van der Waals surface area contributed by atoms with Gasteiger partial charge in [-0.2, -0.15) is 0 Å². The number of aryl methyl sites for hydroxylation is 1. The van der Waals surface area contributed by atoms with Crippen LogP contribution < -0.4 is 4.74 Å². The first-order valence-corrected chi connectivity index (χ1v) is 8.94. The maximum absolute atomic E-state index is 13.6. The monoisotopic (exact) mass is 397 g/mol. The smallest absolute Gasteiger partial charge is 0.254 e. The van der Waals surface area contributed by atoms with Crippen molar-refractivity contribution >= 4 is 29.1 Å². The maximum Gasteiger partial charge on any atom is 0.254 e. The van der Waals surface area contributed by atoms with E-state index in [9.17, 15) is 9.18 Å². The summed E-state index contributed by atoms with van der Waals surface area (Å²) in [5.41, 5.74) is 1.19. The first-order chi connectivity index (χ1) is 12.4. The fourth-order valence-corrected chi connectivity index (χ4v) is 2.95. The van der Waals surface area contributed by atoms with Crippen LogP contribution in [0.2, 0.25) is 10.0 Å². The van der Waals surface area contributed by atoms with Gasteiger partial charge in [-0.1, -0.05) is 23.2 Å². The molecule has 4 nitrogen and oxygen atoms in total. The molecule has 1 atom stereocenters. The topological polar surface area (TPSA) is 38.8 Å². The number of amides is 1. The quantitative estimate of drug-likeness (QED) is 0.768. The Labute approximate surface area is 161 Å². The number of hydrogen-bond acceptors (Lipinski definition) is 3. The van der Waals surface area contributed by atoms with Crippen molar-refractivity contribution in [2.75, 3.05) is 26.3 Å². The second-order valence-electron chi connectivity index (χ2n) is 6.09. The van der Waals surface area contributed by atoms with E-state index in [0.29, 0.717) is 37.1 Å². The van der Waals surface area contributed by atoms with E-state index in [4.69, 9.17) is 32.7 Å². The lowest BCUT2D eigenvalue weighted by atomic mass is 10.1. The Hall–Kier alpha value is -1.82. The molecule has 26 heavy (non-hydrogen) atoms. The number of benzene rings is 2. The average Bonchev–Trinajstić information content (AvgIpc) is 2.64. The Bertz CT molecular complexity index is 815. The summed E-state index contributed by atoms with van der Waals surface area (Å²) < 4.78 is 25.0. The lowest BCUT2D eigenvalue weighted by molar-refractivity contribution is -0.0401. The van der Waals surface area contributed by atoms with E-state index < -0.39 is 5.82 Å². The number of morpholine rings is 1. The van der Waals surface area contributed by atoms with E-state index in [1.165, 1.54) is 12.1 Å². The van der Waals surface area contributed by atoms with E-state index in [1.54, 1.807) is 17.0 Å². The summed E-state index contributed by atoms with van der Waals surface area (Å²) in [7, 11) is 0. The van der Waals surface area contributed by atoms with Crippen LogP contribution in [0.3, 0.4) is 0 Å². The van der Waals surface area contributed by atoms with Gasteiger partial charge in [0.1, 0.15) is 24.3 Å². The third-order valence-corrected chi connectivity index (χ3v) is 4.89. The van der Waals surface area contributed by atoms with Gasteiger partial charge in [0.25, 0.3) is 5.91 Å². The predicted molar refractivity (Wildman–Crippen MR) is 98.7 cm³/mol. The molecule has 1 fully saturated rings. The third kappa shape index (κ3) is 4.47. The molecule has 0 aromatic heterocycles. The summed E-state index contributed by atoms with van der Waals surface area (Å²) >= 11 is 11.7. The number of halogens is 3. The molecule has 0 bridgehead atoms. The summed E-state index contributed by atoms with van der Waals surface area (Å²) in [4.78, 5) is 14.2. The highest BCUT2D eigenvalue weighted by molar-refractivity contribution is 6.31. The highest BCUT2D eigenvalue weighted by Gasteiger charge is 2.26. The first kappa shape index (κ1) is 19.0. The molecule has 2 aromatic carbocycles. The molecule has 1 aliphatic heterocycles. The van der Waals surface area contributed by atoms with Gasteiger partial charge in [0.05, 0.1) is 18.2 Å². The molecule has 138 valence electrons. The first-order valence-electron chi connectivity index (χ1n) is 8.19. The molecule has 1 amide bonds. The number of carbonyl (C=O) groups is 1. The second-order valence-corrected chi connectivity index (χ2v) is 6.91. The molecule has 7 heteroatoms. The fraction of sp³-hybridized carbons (Fsp3) is 0.316. The van der Waals surface area contributed by atoms with Gasteiger partial charge in [-0.05, 0) is 48.9 Å². The summed E-state index contributed by atoms with van der Waals surface area (Å²) in [6, 6.07) is 9.47. The van der Waals surface area contributed by atoms with Crippen LogP contribution in [-0.4, -0.2) is 43.2 Å². The fourth-order valence-electron chi connectivity index (χ4n) is 2.71. The zero-order valence-corrected chi connectivity index (χ0v) is 15.7. The number of hydrogen-bond donors (Lipinski definition) is 0. The number of nitrogens with zero attached hydrogens (tertiary/aromatic N) is 1. The van der Waals surface area contributed by atoms with Gasteiger partial charge in [-0.15, -0.1) is 0 Å². The number of ether oxygens (including phenoxy) is 2. The van der Waals surface area contributed by atoms with Gasteiger partial charge in [0, 0.05) is 17.1 Å². The Kier molecular flexibility index (Phi) is 6.01. The highest BCUT2D eigenvalue weighted by atomic mass is 35.5. The van der Waals surface area contributed by atoms with Gasteiger partial charge in [0.15, 0.2) is 0 Å². The predicted octanol–water partition coefficient (Wildman–Crippen LogP) is 4.36. The largest absolute Gasteiger partial charge is 0.491 e. The Morgan fingerprint density at radius 1 is 1.27 bits per heavy atom. The summed E-state index contributed by atoms with van der Waals surface area (Å²) in [5.74, 6) is -0.168. The molecule has 0 unspecified atom stereocenters. The van der Waals surface area contributed by atoms with Crippen molar-refractivity contribution in [2.45, 2.75) is 13.0 Å². The normalized spacial score (nSPS) is 17.2. The Morgan fingerprint density at radius 3 is 2.77 bits per heavy atom. The van der Waals surface area contributed by atoms with Crippen molar-refractivity contribution in [3.8, 4) is 5.75 Å². The van der Waals surface area contributed by atoms with Crippen molar-refractivity contribution in [1.82, 2.24) is 4.90 Å². The summed E-state index contributed by atoms with van der Waals surface area (Å²) in [6.45, 7) is 3.42. The van der Waals surface area contributed by atoms with E-state index in [0.717, 1.165) is 11.6 Å². The standard InChI is InChI=1S/C19H18Cl2FNO3/c1-12-8-14(3-5-16(12)20)26-11-15-10-23(6-7-25-15)19(24)13-2-4-17(21)18(22)9-13/h2-5,8-9,15H,6-7,10-11H2,1H3/t15-/m0/s1. The SMILES string of the molecule is Cc1cc(OC[C@@H]2CN(C(=O)c3ccc(Cl)c(F)c3)CCO2)ccc1Cl. The zero-order valence-electron chi connectivity index (χ0n) is 14.2. The summed E-state index contributed by atoms with van der Waals surface area (Å²) in [6.07, 6.45) is -0.263. The molecule has 0 aliphatic carbocycles. The minimum absolute atomic E-state index is 0.00642. The van der Waals surface area contributed by atoms with Crippen LogP contribution in [0.5, 0.6) is 5.75 Å². The van der Waals surface area contributed by atoms with Crippen LogP contribution in [0.25, 0.3) is 0 Å². The van der Waals surface area contributed by atoms with Crippen molar-refractivity contribution in [3.05, 3.63) is 63.4 Å². The van der Waals surface area contributed by atoms with Gasteiger partial charge < -0.3 is 14.4 Å². The molecule has 2 aromatic rings. The minimum atomic E-state index is -0.608. The molecular formula is C19H18Cl2FNO3. The molecule has 0 N–H and O–H groups in total. The van der Waals surface area contributed by atoms with Crippen LogP contribution >= 0.6 is 23.2 Å². The van der Waals surface area contributed by atoms with Crippen molar-refractivity contribution < 1.29 is 18.7 Å². The molecule has 0 spiro atoms. The lowest BCUT2D eigenvalue weighted by Crippen LogP contribution is -2.47. The minimum Gasteiger partial charge on any atom is -0.491 e. The maximum atomic E-state index is 13.6. The van der Waals surface area contributed by atoms with E-state index in [-0.39, 0.29) is 22.6 Å². The Morgan fingerprint density at radius 2 is 2.04 bits per heavy atom. The number of carbonyl (C=O) groups excluding carboxylic acids is 1. The van der Waals surface area contributed by atoms with Gasteiger partial charge in [-0.25, -0.2) is 4.39 Å². The number of rotatable bonds is 4. The molecule has 1 aliphatic rings. The average molecular weight is 398 g/mol. The Balaban J connectivity index is 1.60. The second kappa shape index (κ2) is 8.25. The van der Waals surface area contributed by atoms with Crippen LogP contribution in [-0.2, 0) is 4.74 Å². The van der Waals surface area contributed by atoms with Gasteiger partial charge in [-0.3, -0.25) is 4.79 Å². The lowest BCUT2D eigenvalue weighted by Gasteiger charge is -2.33. The molecule has 0 radical (unpaired) electrons. The van der Waals surface area contributed by atoms with Crippen LogP contribution in [0, 0.1) is 12.7 Å². The zero-order chi connectivity index (χ0) is 18.7. The van der Waals surface area contributed by atoms with Crippen LogP contribution in [0.15, 0.2) is 36.4 Å². The van der Waals surface area contributed by atoms with Gasteiger partial charge >= 0.3 is 0 Å². The molecule has 1 heterocycles.